The largest absolute Gasteiger partial charge is 0.446 e. The van der Waals surface area contributed by atoms with E-state index in [1.165, 1.54) is 23.1 Å². The van der Waals surface area contributed by atoms with E-state index in [4.69, 9.17) is 4.74 Å². The standard InChI is InChI=1S/C32H41N3O5S/c1-20-9-7-8-12-24(20)18-33-29(37)28-32(2,3)41-19-35(28)30(38)27(36)25(16-21-10-5-4-6-11-21)34-31(39)40-26-17-22-13-14-23(26)15-22/h4-12,22-23,25-28,36H,13-19H2,1-3H3,(H,33,37)(H,34,39)/t22?,23?,25-,26?,27-,28+/m0/s1. The number of thioether (sulfide) groups is 1. The molecule has 3 unspecified atom stereocenters. The van der Waals surface area contributed by atoms with E-state index in [1.54, 1.807) is 0 Å². The lowest BCUT2D eigenvalue weighted by molar-refractivity contribution is -0.147. The molecule has 9 heteroatoms. The first-order valence-corrected chi connectivity index (χ1v) is 15.6. The Balaban J connectivity index is 1.29. The summed E-state index contributed by atoms with van der Waals surface area (Å²) in [4.78, 5) is 41.8. The zero-order chi connectivity index (χ0) is 29.1. The van der Waals surface area contributed by atoms with Crippen molar-refractivity contribution in [3.05, 3.63) is 71.3 Å². The van der Waals surface area contributed by atoms with Crippen LogP contribution in [0.3, 0.4) is 0 Å². The van der Waals surface area contributed by atoms with Crippen molar-refractivity contribution in [1.29, 1.82) is 0 Å². The quantitative estimate of drug-likeness (QED) is 0.412. The third-order valence-electron chi connectivity index (χ3n) is 8.96. The number of aliphatic hydroxyl groups is 1. The number of nitrogens with one attached hydrogen (secondary N) is 2. The molecular weight excluding hydrogens is 538 g/mol. The van der Waals surface area contributed by atoms with Crippen LogP contribution in [0.25, 0.3) is 0 Å². The molecule has 0 spiro atoms. The maximum atomic E-state index is 13.8. The fourth-order valence-electron chi connectivity index (χ4n) is 6.61. The molecule has 2 aliphatic carbocycles. The molecule has 2 aromatic carbocycles. The molecule has 5 rings (SSSR count). The molecule has 1 aliphatic heterocycles. The first-order valence-electron chi connectivity index (χ1n) is 14.6. The highest BCUT2D eigenvalue weighted by Crippen LogP contribution is 2.46. The van der Waals surface area contributed by atoms with Gasteiger partial charge >= 0.3 is 6.09 Å². The second-order valence-corrected chi connectivity index (χ2v) is 13.8. The number of fused-ring (bicyclic) bond motifs is 2. The van der Waals surface area contributed by atoms with E-state index in [0.717, 1.165) is 36.0 Å². The number of hydrogen-bond donors (Lipinski definition) is 3. The normalized spacial score (nSPS) is 25.9. The summed E-state index contributed by atoms with van der Waals surface area (Å²) in [5.41, 5.74) is 2.94. The highest BCUT2D eigenvalue weighted by Gasteiger charge is 2.50. The summed E-state index contributed by atoms with van der Waals surface area (Å²) in [7, 11) is 0. The number of ether oxygens (including phenoxy) is 1. The topological polar surface area (TPSA) is 108 Å². The Hall–Kier alpha value is -3.04. The number of benzene rings is 2. The maximum absolute atomic E-state index is 13.8. The fourth-order valence-corrected chi connectivity index (χ4v) is 7.75. The first-order chi connectivity index (χ1) is 19.6. The number of alkyl carbamates (subject to hydrolysis) is 1. The Bertz CT molecular complexity index is 1250. The molecule has 3 aliphatic rings. The van der Waals surface area contributed by atoms with Gasteiger partial charge in [0.05, 0.1) is 11.9 Å². The Morgan fingerprint density at radius 2 is 1.80 bits per heavy atom. The second-order valence-electron chi connectivity index (χ2n) is 12.2. The molecule has 0 aromatic heterocycles. The van der Waals surface area contributed by atoms with Crippen LogP contribution in [0.2, 0.25) is 0 Å². The minimum Gasteiger partial charge on any atom is -0.446 e. The van der Waals surface area contributed by atoms with Gasteiger partial charge in [-0.25, -0.2) is 4.79 Å². The molecule has 1 heterocycles. The van der Waals surface area contributed by atoms with Gasteiger partial charge in [0.25, 0.3) is 5.91 Å². The summed E-state index contributed by atoms with van der Waals surface area (Å²) >= 11 is 1.49. The SMILES string of the molecule is Cc1ccccc1CNC(=O)[C@H]1N(C(=O)[C@@H](O)[C@H](Cc2ccccc2)NC(=O)OC2CC3CCC2C3)CSC1(C)C. The Labute approximate surface area is 246 Å². The van der Waals surface area contributed by atoms with Gasteiger partial charge in [0.1, 0.15) is 12.1 Å². The summed E-state index contributed by atoms with van der Waals surface area (Å²) in [5.74, 6) is 0.425. The van der Waals surface area contributed by atoms with Gasteiger partial charge in [-0.2, -0.15) is 0 Å². The van der Waals surface area contributed by atoms with E-state index in [0.29, 0.717) is 18.4 Å². The number of rotatable bonds is 9. The third-order valence-corrected chi connectivity index (χ3v) is 10.3. The smallest absolute Gasteiger partial charge is 0.407 e. The molecule has 3 amide bonds. The third kappa shape index (κ3) is 6.72. The highest BCUT2D eigenvalue weighted by atomic mass is 32.2. The lowest BCUT2D eigenvalue weighted by Crippen LogP contribution is -2.58. The molecule has 2 bridgehead atoms. The van der Waals surface area contributed by atoms with E-state index in [-0.39, 0.29) is 24.3 Å². The van der Waals surface area contributed by atoms with Gasteiger partial charge in [-0.3, -0.25) is 9.59 Å². The van der Waals surface area contributed by atoms with Gasteiger partial charge < -0.3 is 25.4 Å². The zero-order valence-corrected chi connectivity index (χ0v) is 24.9. The van der Waals surface area contributed by atoms with Crippen molar-refractivity contribution >= 4 is 29.7 Å². The van der Waals surface area contributed by atoms with Crippen molar-refractivity contribution < 1.29 is 24.2 Å². The van der Waals surface area contributed by atoms with E-state index in [2.05, 4.69) is 10.6 Å². The first kappa shape index (κ1) is 29.5. The molecule has 2 aromatic rings. The minimum absolute atomic E-state index is 0.115. The number of hydrogen-bond acceptors (Lipinski definition) is 6. The van der Waals surface area contributed by atoms with Gasteiger partial charge in [0.15, 0.2) is 6.10 Å². The van der Waals surface area contributed by atoms with Gasteiger partial charge in [0.2, 0.25) is 5.91 Å². The fraction of sp³-hybridized carbons (Fsp3) is 0.531. The Morgan fingerprint density at radius 1 is 1.07 bits per heavy atom. The van der Waals surface area contributed by atoms with Crippen LogP contribution >= 0.6 is 11.8 Å². The lowest BCUT2D eigenvalue weighted by atomic mass is 9.97. The van der Waals surface area contributed by atoms with Crippen molar-refractivity contribution in [3.63, 3.8) is 0 Å². The van der Waals surface area contributed by atoms with Crippen LogP contribution in [-0.4, -0.2) is 62.8 Å². The summed E-state index contributed by atoms with van der Waals surface area (Å²) in [6, 6.07) is 15.6. The van der Waals surface area contributed by atoms with Gasteiger partial charge in [-0.1, -0.05) is 54.6 Å². The van der Waals surface area contributed by atoms with Crippen LogP contribution in [0.15, 0.2) is 54.6 Å². The van der Waals surface area contributed by atoms with E-state index >= 15 is 0 Å². The van der Waals surface area contributed by atoms with Crippen LogP contribution in [0.4, 0.5) is 4.79 Å². The van der Waals surface area contributed by atoms with Crippen molar-refractivity contribution in [2.24, 2.45) is 11.8 Å². The minimum atomic E-state index is -1.55. The van der Waals surface area contributed by atoms with Crippen molar-refractivity contribution in [3.8, 4) is 0 Å². The maximum Gasteiger partial charge on any atom is 0.407 e. The molecule has 41 heavy (non-hydrogen) atoms. The van der Waals surface area contributed by atoms with E-state index in [9.17, 15) is 19.5 Å². The molecule has 3 N–H and O–H groups in total. The van der Waals surface area contributed by atoms with Crippen LogP contribution < -0.4 is 10.6 Å². The van der Waals surface area contributed by atoms with Crippen LogP contribution in [-0.2, 0) is 27.3 Å². The van der Waals surface area contributed by atoms with Gasteiger partial charge in [-0.15, -0.1) is 11.8 Å². The van der Waals surface area contributed by atoms with E-state index in [1.807, 2.05) is 75.4 Å². The average Bonchev–Trinajstić information content (AvgIpc) is 3.66. The number of aliphatic hydroxyl groups excluding tert-OH is 1. The molecule has 220 valence electrons. The molecule has 3 fully saturated rings. The van der Waals surface area contributed by atoms with Crippen LogP contribution in [0.1, 0.15) is 56.2 Å². The second kappa shape index (κ2) is 12.4. The van der Waals surface area contributed by atoms with Gasteiger partial charge in [-0.05, 0) is 81.4 Å². The molecule has 8 nitrogen and oxygen atoms in total. The molecular formula is C32H41N3O5S. The highest BCUT2D eigenvalue weighted by molar-refractivity contribution is 8.00. The number of aryl methyl sites for hydroxylation is 1. The molecule has 1 saturated heterocycles. The number of carbonyl (C=O) groups excluding carboxylic acids is 3. The van der Waals surface area contributed by atoms with Crippen molar-refractivity contribution in [1.82, 2.24) is 15.5 Å². The average molecular weight is 580 g/mol. The molecule has 0 radical (unpaired) electrons. The number of amides is 3. The Morgan fingerprint density at radius 3 is 2.49 bits per heavy atom. The van der Waals surface area contributed by atoms with Crippen molar-refractivity contribution in [2.75, 3.05) is 5.88 Å². The van der Waals surface area contributed by atoms with E-state index < -0.39 is 34.9 Å². The Kier molecular flexibility index (Phi) is 8.94. The summed E-state index contributed by atoms with van der Waals surface area (Å²) in [5, 5.41) is 17.2. The summed E-state index contributed by atoms with van der Waals surface area (Å²) in [6.07, 6.45) is 2.21. The monoisotopic (exact) mass is 579 g/mol. The van der Waals surface area contributed by atoms with Gasteiger partial charge in [0, 0.05) is 11.3 Å². The number of carbonyl (C=O) groups is 3. The molecule has 2 saturated carbocycles. The zero-order valence-electron chi connectivity index (χ0n) is 24.0. The van der Waals surface area contributed by atoms with Crippen LogP contribution in [0, 0.1) is 18.8 Å². The lowest BCUT2D eigenvalue weighted by Gasteiger charge is -2.33. The number of nitrogens with zero attached hydrogens (tertiary/aromatic N) is 1. The predicted octanol–water partition coefficient (Wildman–Crippen LogP) is 4.18. The molecule has 6 atom stereocenters. The van der Waals surface area contributed by atoms with Crippen molar-refractivity contribution in [2.45, 2.75) is 88.5 Å². The summed E-state index contributed by atoms with van der Waals surface area (Å²) < 4.78 is 5.23. The predicted molar refractivity (Wildman–Crippen MR) is 159 cm³/mol. The summed E-state index contributed by atoms with van der Waals surface area (Å²) in [6.45, 7) is 6.20. The van der Waals surface area contributed by atoms with Crippen LogP contribution in [0.5, 0.6) is 0 Å².